The minimum Gasteiger partial charge on any atom is -0.370 e. The molecule has 0 aliphatic heterocycles. The number of nitrogens with zero attached hydrogens (tertiary/aromatic N) is 1. The summed E-state index contributed by atoms with van der Waals surface area (Å²) in [5.74, 6) is 0.490. The number of rotatable bonds is 4. The van der Waals surface area contributed by atoms with Crippen molar-refractivity contribution in [1.29, 1.82) is 0 Å². The summed E-state index contributed by atoms with van der Waals surface area (Å²) in [6, 6.07) is 21.9. The Morgan fingerprint density at radius 3 is 1.83 bits per heavy atom. The van der Waals surface area contributed by atoms with Gasteiger partial charge in [0.15, 0.2) is 8.96 Å². The number of hydrogen-bond donors (Lipinski definition) is 0. The standard InChI is InChI=1S/C22H27NSi/c1-16-17(2)19(4)22(18(16)3)23(20-12-8-6-9-13-20)24(5)21-14-10-7-11-15-21/h6-15,18,24H,1-5H3. The largest absolute Gasteiger partial charge is 0.370 e. The Labute approximate surface area is 148 Å². The Balaban J connectivity index is 2.12. The van der Waals surface area contributed by atoms with E-state index in [-0.39, 0.29) is 0 Å². The summed E-state index contributed by atoms with van der Waals surface area (Å²) in [6.07, 6.45) is 0. The Hall–Kier alpha value is -2.06. The smallest absolute Gasteiger partial charge is 0.174 e. The van der Waals surface area contributed by atoms with Gasteiger partial charge in [0.25, 0.3) is 0 Å². The van der Waals surface area contributed by atoms with Gasteiger partial charge >= 0.3 is 0 Å². The zero-order valence-electron chi connectivity index (χ0n) is 15.4. The minimum atomic E-state index is -1.34. The number of anilines is 1. The molecular formula is C22H27NSi. The molecule has 0 N–H and O–H groups in total. The van der Waals surface area contributed by atoms with Crippen molar-refractivity contribution in [2.24, 2.45) is 5.92 Å². The van der Waals surface area contributed by atoms with Crippen molar-refractivity contribution in [3.63, 3.8) is 0 Å². The van der Waals surface area contributed by atoms with Crippen LogP contribution in [0.5, 0.6) is 0 Å². The fraction of sp³-hybridized carbons (Fsp3) is 0.273. The number of para-hydroxylation sites is 1. The van der Waals surface area contributed by atoms with Gasteiger partial charge in [0, 0.05) is 17.3 Å². The predicted molar refractivity (Wildman–Crippen MR) is 108 cm³/mol. The third kappa shape index (κ3) is 2.87. The maximum absolute atomic E-state index is 2.66. The van der Waals surface area contributed by atoms with Crippen LogP contribution in [-0.2, 0) is 0 Å². The molecule has 0 saturated carbocycles. The van der Waals surface area contributed by atoms with Gasteiger partial charge in [-0.05, 0) is 55.8 Å². The van der Waals surface area contributed by atoms with Crippen molar-refractivity contribution in [3.8, 4) is 0 Å². The molecule has 0 fully saturated rings. The lowest BCUT2D eigenvalue weighted by atomic mass is 10.0. The van der Waals surface area contributed by atoms with Crippen LogP contribution >= 0.6 is 0 Å². The molecule has 2 heteroatoms. The van der Waals surface area contributed by atoms with E-state index in [1.54, 1.807) is 0 Å². The van der Waals surface area contributed by atoms with Crippen LogP contribution in [0.25, 0.3) is 0 Å². The van der Waals surface area contributed by atoms with Crippen LogP contribution in [0.3, 0.4) is 0 Å². The average molecular weight is 334 g/mol. The first-order valence-corrected chi connectivity index (χ1v) is 11.0. The average Bonchev–Trinajstić information content (AvgIpc) is 2.81. The molecule has 124 valence electrons. The van der Waals surface area contributed by atoms with E-state index in [1.165, 1.54) is 33.3 Å². The Kier molecular flexibility index (Phi) is 4.77. The molecule has 0 spiro atoms. The molecule has 2 aromatic carbocycles. The van der Waals surface area contributed by atoms with Crippen LogP contribution in [-0.4, -0.2) is 8.96 Å². The van der Waals surface area contributed by atoms with Crippen LogP contribution in [0, 0.1) is 5.92 Å². The van der Waals surface area contributed by atoms with Gasteiger partial charge in [0.2, 0.25) is 0 Å². The zero-order chi connectivity index (χ0) is 17.3. The second-order valence-electron chi connectivity index (χ2n) is 6.83. The third-order valence-corrected chi connectivity index (χ3v) is 8.26. The molecule has 1 aliphatic rings. The van der Waals surface area contributed by atoms with Gasteiger partial charge in [-0.3, -0.25) is 0 Å². The minimum absolute atomic E-state index is 0.490. The highest BCUT2D eigenvalue weighted by molar-refractivity contribution is 6.76. The van der Waals surface area contributed by atoms with Gasteiger partial charge in [-0.1, -0.05) is 61.0 Å². The molecular weight excluding hydrogens is 306 g/mol. The predicted octanol–water partition coefficient (Wildman–Crippen LogP) is 5.01. The van der Waals surface area contributed by atoms with Gasteiger partial charge < -0.3 is 4.57 Å². The molecule has 1 aliphatic carbocycles. The summed E-state index contributed by atoms with van der Waals surface area (Å²) in [5.41, 5.74) is 7.26. The molecule has 0 aromatic heterocycles. The van der Waals surface area contributed by atoms with E-state index in [4.69, 9.17) is 0 Å². The molecule has 0 amide bonds. The van der Waals surface area contributed by atoms with Gasteiger partial charge in [0.1, 0.15) is 0 Å². The van der Waals surface area contributed by atoms with E-state index in [2.05, 4.69) is 99.5 Å². The van der Waals surface area contributed by atoms with E-state index in [0.717, 1.165) is 0 Å². The van der Waals surface area contributed by atoms with Crippen LogP contribution < -0.4 is 9.75 Å². The maximum Gasteiger partial charge on any atom is 0.174 e. The first-order valence-electron chi connectivity index (χ1n) is 8.80. The van der Waals surface area contributed by atoms with Crippen molar-refractivity contribution in [2.45, 2.75) is 34.2 Å². The maximum atomic E-state index is 2.66. The molecule has 0 saturated heterocycles. The number of hydrogen-bond acceptors (Lipinski definition) is 1. The number of allylic oxidation sites excluding steroid dienone is 3. The molecule has 0 bridgehead atoms. The molecule has 3 rings (SSSR count). The quantitative estimate of drug-likeness (QED) is 0.711. The summed E-state index contributed by atoms with van der Waals surface area (Å²) >= 11 is 0. The third-order valence-electron chi connectivity index (χ3n) is 5.56. The van der Waals surface area contributed by atoms with Crippen molar-refractivity contribution < 1.29 is 0 Å². The molecule has 2 atom stereocenters. The highest BCUT2D eigenvalue weighted by Gasteiger charge is 2.31. The second kappa shape index (κ2) is 6.82. The van der Waals surface area contributed by atoms with Crippen LogP contribution in [0.2, 0.25) is 6.55 Å². The van der Waals surface area contributed by atoms with E-state index in [0.29, 0.717) is 5.92 Å². The lowest BCUT2D eigenvalue weighted by Crippen LogP contribution is -2.46. The lowest BCUT2D eigenvalue weighted by Gasteiger charge is -2.35. The van der Waals surface area contributed by atoms with Gasteiger partial charge in [-0.25, -0.2) is 0 Å². The number of benzene rings is 2. The second-order valence-corrected chi connectivity index (χ2v) is 9.37. The van der Waals surface area contributed by atoms with E-state index < -0.39 is 8.96 Å². The lowest BCUT2D eigenvalue weighted by molar-refractivity contribution is 0.798. The summed E-state index contributed by atoms with van der Waals surface area (Å²) in [5, 5.41) is 1.48. The summed E-state index contributed by atoms with van der Waals surface area (Å²) in [4.78, 5) is 0. The Bertz CT molecular complexity index is 774. The zero-order valence-corrected chi connectivity index (χ0v) is 16.5. The molecule has 2 aromatic rings. The monoisotopic (exact) mass is 333 g/mol. The molecule has 0 heterocycles. The van der Waals surface area contributed by atoms with E-state index in [1.807, 2.05) is 0 Å². The summed E-state index contributed by atoms with van der Waals surface area (Å²) < 4.78 is 2.66. The highest BCUT2D eigenvalue weighted by Crippen LogP contribution is 2.40. The van der Waals surface area contributed by atoms with Crippen molar-refractivity contribution in [2.75, 3.05) is 4.57 Å². The Morgan fingerprint density at radius 2 is 1.33 bits per heavy atom. The first-order chi connectivity index (χ1) is 11.5. The molecule has 2 unspecified atom stereocenters. The first kappa shape index (κ1) is 16.8. The van der Waals surface area contributed by atoms with Gasteiger partial charge in [0.05, 0.1) is 0 Å². The van der Waals surface area contributed by atoms with Gasteiger partial charge in [-0.15, -0.1) is 0 Å². The Morgan fingerprint density at radius 1 is 0.792 bits per heavy atom. The highest BCUT2D eigenvalue weighted by atomic mass is 28.3. The fourth-order valence-electron chi connectivity index (χ4n) is 3.77. The summed E-state index contributed by atoms with van der Waals surface area (Å²) in [7, 11) is -1.34. The molecule has 24 heavy (non-hydrogen) atoms. The summed E-state index contributed by atoms with van der Waals surface area (Å²) in [6.45, 7) is 11.6. The van der Waals surface area contributed by atoms with Crippen LogP contribution in [0.1, 0.15) is 27.7 Å². The van der Waals surface area contributed by atoms with Crippen molar-refractivity contribution >= 4 is 19.8 Å². The van der Waals surface area contributed by atoms with Crippen molar-refractivity contribution in [1.82, 2.24) is 0 Å². The molecule has 0 radical (unpaired) electrons. The topological polar surface area (TPSA) is 3.24 Å². The van der Waals surface area contributed by atoms with E-state index >= 15 is 0 Å². The van der Waals surface area contributed by atoms with Crippen LogP contribution in [0.15, 0.2) is 83.1 Å². The molecule has 1 nitrogen and oxygen atoms in total. The van der Waals surface area contributed by atoms with Crippen LogP contribution in [0.4, 0.5) is 5.69 Å². The van der Waals surface area contributed by atoms with Gasteiger partial charge in [-0.2, -0.15) is 0 Å². The van der Waals surface area contributed by atoms with Crippen molar-refractivity contribution in [3.05, 3.63) is 83.1 Å². The van der Waals surface area contributed by atoms with E-state index in [9.17, 15) is 0 Å². The SMILES string of the molecule is CC1=C(C)C(C)C(N(c2ccccc2)[SiH](C)c2ccccc2)=C1C. The normalized spacial score (nSPS) is 19.0. The fourth-order valence-corrected chi connectivity index (χ4v) is 6.30.